The largest absolute Gasteiger partial charge is 0.461 e. The van der Waals surface area contributed by atoms with Gasteiger partial charge in [-0.15, -0.1) is 0 Å². The van der Waals surface area contributed by atoms with Crippen molar-refractivity contribution in [1.29, 1.82) is 0 Å². The number of esters is 1. The van der Waals surface area contributed by atoms with Crippen LogP contribution in [0.1, 0.15) is 60.3 Å². The van der Waals surface area contributed by atoms with Crippen molar-refractivity contribution >= 4 is 11.8 Å². The van der Waals surface area contributed by atoms with Crippen molar-refractivity contribution in [3.05, 3.63) is 46.6 Å². The molecule has 1 aliphatic carbocycles. The van der Waals surface area contributed by atoms with E-state index >= 15 is 0 Å². The zero-order valence-electron chi connectivity index (χ0n) is 18.6. The summed E-state index contributed by atoms with van der Waals surface area (Å²) in [7, 11) is 0. The molecule has 6 nitrogen and oxygen atoms in total. The minimum Gasteiger partial charge on any atom is -0.461 e. The number of aliphatic hydroxyl groups is 2. The Morgan fingerprint density at radius 1 is 1.17 bits per heavy atom. The van der Waals surface area contributed by atoms with E-state index in [1.165, 1.54) is 24.1 Å². The number of fused-ring (bicyclic) bond motifs is 1. The average Bonchev–Trinajstić information content (AvgIpc) is 3.41. The van der Waals surface area contributed by atoms with E-state index in [9.17, 15) is 19.8 Å². The molecule has 0 radical (unpaired) electrons. The maximum atomic E-state index is 12.5. The maximum absolute atomic E-state index is 12.5. The number of aliphatic hydroxyl groups excluding tert-OH is 2. The van der Waals surface area contributed by atoms with E-state index in [2.05, 4.69) is 32.9 Å². The van der Waals surface area contributed by atoms with Crippen molar-refractivity contribution in [2.24, 2.45) is 0 Å². The molecule has 2 aliphatic rings. The second-order valence-electron chi connectivity index (χ2n) is 8.50. The van der Waals surface area contributed by atoms with Crippen molar-refractivity contribution in [1.82, 2.24) is 0 Å². The Bertz CT molecular complexity index is 784. The fraction of sp³-hybridized carbons (Fsp3) is 0.583. The highest BCUT2D eigenvalue weighted by atomic mass is 16.6. The van der Waals surface area contributed by atoms with Gasteiger partial charge in [-0.25, -0.2) is 0 Å². The SMILES string of the molecule is CC(=O)OCC1=C[C@H](O)[C@@]2(C(O)/C=C(\C)CC/C=C(\C)CCC=C(C)C)O[C@H]2C1=O. The number of epoxide rings is 1. The molecule has 166 valence electrons. The van der Waals surface area contributed by atoms with Crippen molar-refractivity contribution in [3.8, 4) is 0 Å². The molecule has 0 aromatic rings. The number of rotatable bonds is 10. The lowest BCUT2D eigenvalue weighted by atomic mass is 9.82. The zero-order valence-corrected chi connectivity index (χ0v) is 18.6. The van der Waals surface area contributed by atoms with Gasteiger partial charge >= 0.3 is 5.97 Å². The van der Waals surface area contributed by atoms with Crippen LogP contribution in [-0.2, 0) is 19.1 Å². The summed E-state index contributed by atoms with van der Waals surface area (Å²) in [5.41, 5.74) is 2.48. The lowest BCUT2D eigenvalue weighted by molar-refractivity contribution is -0.140. The van der Waals surface area contributed by atoms with E-state index in [-0.39, 0.29) is 18.0 Å². The standard InChI is InChI=1S/C24H34O6/c1-15(2)8-6-9-16(3)10-7-11-17(4)12-20(26)24-21(27)13-19(14-29-18(5)25)22(28)23(24)30-24/h8,10,12-13,20-21,23,26-27H,6-7,9,11,14H2,1-5H3/b16-10+,17-12+/t20?,21-,23-,24+/m0/s1. The lowest BCUT2D eigenvalue weighted by Crippen LogP contribution is -2.46. The van der Waals surface area contributed by atoms with Gasteiger partial charge in [0, 0.05) is 12.5 Å². The van der Waals surface area contributed by atoms with E-state index in [4.69, 9.17) is 9.47 Å². The molecular formula is C24H34O6. The summed E-state index contributed by atoms with van der Waals surface area (Å²) < 4.78 is 10.3. The molecule has 1 fully saturated rings. The third kappa shape index (κ3) is 6.00. The number of ketones is 1. The summed E-state index contributed by atoms with van der Waals surface area (Å²) in [5.74, 6) is -0.867. The van der Waals surface area contributed by atoms with E-state index in [0.29, 0.717) is 0 Å². The minimum atomic E-state index is -1.34. The van der Waals surface area contributed by atoms with Gasteiger partial charge in [-0.1, -0.05) is 34.9 Å². The van der Waals surface area contributed by atoms with Gasteiger partial charge in [0.15, 0.2) is 17.5 Å². The highest BCUT2D eigenvalue weighted by molar-refractivity contribution is 6.03. The van der Waals surface area contributed by atoms with Crippen LogP contribution < -0.4 is 0 Å². The summed E-state index contributed by atoms with van der Waals surface area (Å²) in [5, 5.41) is 21.1. The molecular weight excluding hydrogens is 384 g/mol. The van der Waals surface area contributed by atoms with Gasteiger partial charge < -0.3 is 19.7 Å². The lowest BCUT2D eigenvalue weighted by Gasteiger charge is -2.25. The molecule has 2 rings (SSSR count). The first kappa shape index (κ1) is 24.3. The molecule has 4 atom stereocenters. The third-order valence-corrected chi connectivity index (χ3v) is 5.51. The second kappa shape index (κ2) is 10.3. The highest BCUT2D eigenvalue weighted by Crippen LogP contribution is 2.48. The smallest absolute Gasteiger partial charge is 0.302 e. The number of ether oxygens (including phenoxy) is 2. The summed E-state index contributed by atoms with van der Waals surface area (Å²) in [6, 6.07) is 0. The number of hydrogen-bond donors (Lipinski definition) is 2. The van der Waals surface area contributed by atoms with Crippen LogP contribution in [0.5, 0.6) is 0 Å². The first-order chi connectivity index (χ1) is 14.1. The summed E-state index contributed by atoms with van der Waals surface area (Å²) in [6.45, 7) is 9.28. The molecule has 1 saturated heterocycles. The molecule has 0 spiro atoms. The molecule has 0 aromatic carbocycles. The molecule has 30 heavy (non-hydrogen) atoms. The van der Waals surface area contributed by atoms with Gasteiger partial charge in [0.2, 0.25) is 0 Å². The van der Waals surface area contributed by atoms with Gasteiger partial charge in [0.25, 0.3) is 0 Å². The summed E-state index contributed by atoms with van der Waals surface area (Å²) in [4.78, 5) is 23.4. The second-order valence-corrected chi connectivity index (χ2v) is 8.50. The molecule has 2 N–H and O–H groups in total. The predicted molar refractivity (Wildman–Crippen MR) is 115 cm³/mol. The topological polar surface area (TPSA) is 96.4 Å². The molecule has 1 aliphatic heterocycles. The Balaban J connectivity index is 1.93. The van der Waals surface area contributed by atoms with Crippen molar-refractivity contribution < 1.29 is 29.3 Å². The van der Waals surface area contributed by atoms with Crippen LogP contribution in [0.15, 0.2) is 46.6 Å². The van der Waals surface area contributed by atoms with Crippen LogP contribution in [0.3, 0.4) is 0 Å². The Kier molecular flexibility index (Phi) is 8.35. The molecule has 0 saturated carbocycles. The van der Waals surface area contributed by atoms with E-state index in [0.717, 1.165) is 31.3 Å². The molecule has 6 heteroatoms. The van der Waals surface area contributed by atoms with Crippen LogP contribution in [0.2, 0.25) is 0 Å². The Morgan fingerprint density at radius 2 is 1.80 bits per heavy atom. The Labute approximate surface area is 179 Å². The normalized spacial score (nSPS) is 27.2. The molecule has 0 bridgehead atoms. The number of allylic oxidation sites excluding steroid dienone is 5. The quantitative estimate of drug-likeness (QED) is 0.321. The summed E-state index contributed by atoms with van der Waals surface area (Å²) in [6.07, 6.45) is 7.96. The third-order valence-electron chi connectivity index (χ3n) is 5.51. The fourth-order valence-corrected chi connectivity index (χ4v) is 3.64. The van der Waals surface area contributed by atoms with Crippen LogP contribution in [0, 0.1) is 0 Å². The van der Waals surface area contributed by atoms with Gasteiger partial charge in [-0.3, -0.25) is 9.59 Å². The molecule has 0 amide bonds. The minimum absolute atomic E-state index is 0.192. The van der Waals surface area contributed by atoms with Crippen LogP contribution in [0.25, 0.3) is 0 Å². The highest BCUT2D eigenvalue weighted by Gasteiger charge is 2.70. The van der Waals surface area contributed by atoms with Gasteiger partial charge in [0.05, 0.1) is 0 Å². The van der Waals surface area contributed by atoms with E-state index in [1.54, 1.807) is 6.08 Å². The van der Waals surface area contributed by atoms with E-state index < -0.39 is 29.9 Å². The molecule has 0 aromatic heterocycles. The zero-order chi connectivity index (χ0) is 22.5. The van der Waals surface area contributed by atoms with Crippen molar-refractivity contribution in [2.75, 3.05) is 6.61 Å². The fourth-order valence-electron chi connectivity index (χ4n) is 3.64. The van der Waals surface area contributed by atoms with Crippen LogP contribution in [0.4, 0.5) is 0 Å². The number of carbonyl (C=O) groups is 2. The van der Waals surface area contributed by atoms with Crippen LogP contribution in [-0.4, -0.2) is 52.5 Å². The Morgan fingerprint density at radius 3 is 2.43 bits per heavy atom. The summed E-state index contributed by atoms with van der Waals surface area (Å²) >= 11 is 0. The first-order valence-electron chi connectivity index (χ1n) is 10.5. The van der Waals surface area contributed by atoms with Crippen molar-refractivity contribution in [3.63, 3.8) is 0 Å². The predicted octanol–water partition coefficient (Wildman–Crippen LogP) is 3.34. The van der Waals surface area contributed by atoms with Gasteiger partial charge in [-0.2, -0.15) is 0 Å². The van der Waals surface area contributed by atoms with Crippen molar-refractivity contribution in [2.45, 2.75) is 84.2 Å². The van der Waals surface area contributed by atoms with E-state index in [1.807, 2.05) is 6.92 Å². The average molecular weight is 419 g/mol. The van der Waals surface area contributed by atoms with Crippen LogP contribution >= 0.6 is 0 Å². The molecule has 1 heterocycles. The number of Topliss-reactive ketones (excluding diaryl/α,β-unsaturated/α-hetero) is 1. The molecule has 1 unspecified atom stereocenters. The van der Waals surface area contributed by atoms with Gasteiger partial charge in [0.1, 0.15) is 18.8 Å². The number of hydrogen-bond acceptors (Lipinski definition) is 6. The first-order valence-corrected chi connectivity index (χ1v) is 10.5. The Hall–Kier alpha value is -2.02. The van der Waals surface area contributed by atoms with Gasteiger partial charge in [-0.05, 0) is 59.5 Å². The monoisotopic (exact) mass is 418 g/mol. The maximum Gasteiger partial charge on any atom is 0.302 e. The number of carbonyl (C=O) groups excluding carboxylic acids is 2.